The number of ether oxygens (including phenoxy) is 2. The van der Waals surface area contributed by atoms with Gasteiger partial charge in [0.2, 0.25) is 5.91 Å². The normalized spacial score (nSPS) is 18.3. The fourth-order valence-corrected chi connectivity index (χ4v) is 5.90. The third-order valence-corrected chi connectivity index (χ3v) is 7.99. The Kier molecular flexibility index (Phi) is 7.58. The lowest BCUT2D eigenvalue weighted by atomic mass is 9.99. The van der Waals surface area contributed by atoms with Crippen LogP contribution >= 0.6 is 11.3 Å². The number of thiophene rings is 1. The van der Waals surface area contributed by atoms with Crippen LogP contribution in [0.5, 0.6) is 11.5 Å². The zero-order valence-corrected chi connectivity index (χ0v) is 21.8. The van der Waals surface area contributed by atoms with E-state index in [-0.39, 0.29) is 18.1 Å². The van der Waals surface area contributed by atoms with E-state index in [0.29, 0.717) is 32.2 Å². The van der Waals surface area contributed by atoms with Crippen molar-refractivity contribution in [2.45, 2.75) is 32.7 Å². The SMILES string of the molecule is Cc1ccc(-c2cc3c(c(OC[C@@H]4CCCN(C)C4)c2)OCCN(C(=O)Cc2ccc(F)cc2)C3)s1. The third-order valence-electron chi connectivity index (χ3n) is 6.94. The quantitative estimate of drug-likeness (QED) is 0.438. The summed E-state index contributed by atoms with van der Waals surface area (Å²) in [5, 5.41) is 0. The molecular weight excluding hydrogens is 475 g/mol. The lowest BCUT2D eigenvalue weighted by Crippen LogP contribution is -2.34. The van der Waals surface area contributed by atoms with Crippen molar-refractivity contribution in [3.05, 3.63) is 70.4 Å². The third kappa shape index (κ3) is 5.90. The van der Waals surface area contributed by atoms with E-state index in [4.69, 9.17) is 9.47 Å². The van der Waals surface area contributed by atoms with Crippen molar-refractivity contribution in [1.29, 1.82) is 0 Å². The maximum Gasteiger partial charge on any atom is 0.227 e. The second-order valence-corrected chi connectivity index (χ2v) is 11.2. The Morgan fingerprint density at radius 3 is 2.75 bits per heavy atom. The summed E-state index contributed by atoms with van der Waals surface area (Å²) in [6.45, 7) is 6.30. The van der Waals surface area contributed by atoms with Gasteiger partial charge in [0.1, 0.15) is 12.4 Å². The highest BCUT2D eigenvalue weighted by Crippen LogP contribution is 2.40. The monoisotopic (exact) mass is 508 g/mol. The first-order valence-electron chi connectivity index (χ1n) is 12.6. The van der Waals surface area contributed by atoms with Gasteiger partial charge in [-0.05, 0) is 80.9 Å². The van der Waals surface area contributed by atoms with Gasteiger partial charge in [-0.3, -0.25) is 4.79 Å². The zero-order valence-electron chi connectivity index (χ0n) is 21.0. The number of rotatable bonds is 6. The molecule has 0 radical (unpaired) electrons. The van der Waals surface area contributed by atoms with Crippen LogP contribution in [0.1, 0.15) is 28.8 Å². The summed E-state index contributed by atoms with van der Waals surface area (Å²) >= 11 is 1.75. The van der Waals surface area contributed by atoms with Crippen LogP contribution in [0.25, 0.3) is 10.4 Å². The van der Waals surface area contributed by atoms with Crippen molar-refractivity contribution in [3.8, 4) is 21.9 Å². The molecule has 190 valence electrons. The van der Waals surface area contributed by atoms with E-state index in [0.717, 1.165) is 41.3 Å². The molecule has 0 bridgehead atoms. The first-order chi connectivity index (χ1) is 17.4. The minimum Gasteiger partial charge on any atom is -0.489 e. The van der Waals surface area contributed by atoms with Crippen molar-refractivity contribution in [2.24, 2.45) is 5.92 Å². The molecule has 2 aliphatic rings. The van der Waals surface area contributed by atoms with Gasteiger partial charge >= 0.3 is 0 Å². The number of carbonyl (C=O) groups is 1. The minimum absolute atomic E-state index is 0.00291. The van der Waals surface area contributed by atoms with Gasteiger partial charge in [0.15, 0.2) is 11.5 Å². The van der Waals surface area contributed by atoms with E-state index in [1.165, 1.54) is 34.7 Å². The number of halogens is 1. The summed E-state index contributed by atoms with van der Waals surface area (Å²) in [6, 6.07) is 14.6. The second kappa shape index (κ2) is 11.0. The molecule has 36 heavy (non-hydrogen) atoms. The Bertz CT molecular complexity index is 1210. The summed E-state index contributed by atoms with van der Waals surface area (Å²) in [6.07, 6.45) is 2.60. The number of carbonyl (C=O) groups excluding carboxylic acids is 1. The van der Waals surface area contributed by atoms with Gasteiger partial charge in [0.05, 0.1) is 19.6 Å². The highest BCUT2D eigenvalue weighted by Gasteiger charge is 2.25. The van der Waals surface area contributed by atoms with Crippen LogP contribution < -0.4 is 9.47 Å². The van der Waals surface area contributed by atoms with Crippen molar-refractivity contribution >= 4 is 17.2 Å². The molecular formula is C29H33FN2O3S. The Hall–Kier alpha value is -2.90. The van der Waals surface area contributed by atoms with Gasteiger partial charge in [0, 0.05) is 34.3 Å². The molecule has 0 unspecified atom stereocenters. The van der Waals surface area contributed by atoms with E-state index >= 15 is 0 Å². The number of nitrogens with zero attached hydrogens (tertiary/aromatic N) is 2. The van der Waals surface area contributed by atoms with Crippen LogP contribution in [0.2, 0.25) is 0 Å². The summed E-state index contributed by atoms with van der Waals surface area (Å²) in [5.74, 6) is 1.70. The molecule has 1 atom stereocenters. The van der Waals surface area contributed by atoms with Gasteiger partial charge < -0.3 is 19.3 Å². The number of likely N-dealkylation sites (tertiary alicyclic amines) is 1. The molecule has 0 N–H and O–H groups in total. The fraction of sp³-hybridized carbons (Fsp3) is 0.414. The van der Waals surface area contributed by atoms with Gasteiger partial charge in [-0.1, -0.05) is 12.1 Å². The molecule has 1 fully saturated rings. The molecule has 7 heteroatoms. The Morgan fingerprint density at radius 2 is 2.00 bits per heavy atom. The topological polar surface area (TPSA) is 42.0 Å². The summed E-state index contributed by atoms with van der Waals surface area (Å²) in [5.41, 5.74) is 2.84. The molecule has 2 aromatic carbocycles. The number of hydrogen-bond acceptors (Lipinski definition) is 5. The summed E-state index contributed by atoms with van der Waals surface area (Å²) < 4.78 is 25.9. The smallest absolute Gasteiger partial charge is 0.227 e. The van der Waals surface area contributed by atoms with Crippen LogP contribution in [-0.2, 0) is 17.8 Å². The number of piperidine rings is 1. The van der Waals surface area contributed by atoms with Crippen LogP contribution in [0.4, 0.5) is 4.39 Å². The molecule has 1 amide bonds. The zero-order chi connectivity index (χ0) is 25.1. The van der Waals surface area contributed by atoms with E-state index in [9.17, 15) is 9.18 Å². The molecule has 5 nitrogen and oxygen atoms in total. The fourth-order valence-electron chi connectivity index (χ4n) is 5.04. The number of aryl methyl sites for hydroxylation is 1. The van der Waals surface area contributed by atoms with Crippen LogP contribution in [0.15, 0.2) is 48.5 Å². The number of fused-ring (bicyclic) bond motifs is 1. The second-order valence-electron chi connectivity index (χ2n) is 9.92. The highest BCUT2D eigenvalue weighted by atomic mass is 32.1. The lowest BCUT2D eigenvalue weighted by Gasteiger charge is -2.29. The van der Waals surface area contributed by atoms with Crippen molar-refractivity contribution in [3.63, 3.8) is 0 Å². The van der Waals surface area contributed by atoms with Crippen molar-refractivity contribution < 1.29 is 18.7 Å². The molecule has 1 aromatic heterocycles. The molecule has 3 heterocycles. The molecule has 1 saturated heterocycles. The van der Waals surface area contributed by atoms with Gasteiger partial charge in [-0.15, -0.1) is 11.3 Å². The predicted octanol–water partition coefficient (Wildman–Crippen LogP) is 5.55. The number of benzene rings is 2. The molecule has 5 rings (SSSR count). The van der Waals surface area contributed by atoms with Crippen molar-refractivity contribution in [2.75, 3.05) is 39.9 Å². The maximum atomic E-state index is 13.3. The largest absolute Gasteiger partial charge is 0.489 e. The number of amides is 1. The highest BCUT2D eigenvalue weighted by molar-refractivity contribution is 7.15. The van der Waals surface area contributed by atoms with Crippen LogP contribution in [-0.4, -0.2) is 55.6 Å². The molecule has 0 saturated carbocycles. The Morgan fingerprint density at radius 1 is 1.17 bits per heavy atom. The lowest BCUT2D eigenvalue weighted by molar-refractivity contribution is -0.131. The molecule has 3 aromatic rings. The van der Waals surface area contributed by atoms with Gasteiger partial charge in [-0.2, -0.15) is 0 Å². The van der Waals surface area contributed by atoms with Crippen molar-refractivity contribution in [1.82, 2.24) is 9.80 Å². The predicted molar refractivity (Wildman–Crippen MR) is 141 cm³/mol. The molecule has 0 spiro atoms. The Balaban J connectivity index is 1.40. The Labute approximate surface area is 216 Å². The number of hydrogen-bond donors (Lipinski definition) is 0. The van der Waals surface area contributed by atoms with E-state index < -0.39 is 0 Å². The molecule has 2 aliphatic heterocycles. The summed E-state index contributed by atoms with van der Waals surface area (Å²) in [7, 11) is 2.17. The van der Waals surface area contributed by atoms with Crippen LogP contribution in [0.3, 0.4) is 0 Å². The van der Waals surface area contributed by atoms with Gasteiger partial charge in [-0.25, -0.2) is 4.39 Å². The van der Waals surface area contributed by atoms with E-state index in [2.05, 4.69) is 43.1 Å². The van der Waals surface area contributed by atoms with Crippen LogP contribution in [0, 0.1) is 18.7 Å². The summed E-state index contributed by atoms with van der Waals surface area (Å²) in [4.78, 5) is 19.8. The maximum absolute atomic E-state index is 13.3. The first kappa shape index (κ1) is 24.8. The minimum atomic E-state index is -0.299. The standard InChI is InChI=1S/C29H33FN2O3S/c1-20-5-10-27(36-20)23-15-24-18-32(28(33)14-21-6-8-25(30)9-7-21)12-13-34-29(24)26(16-23)35-19-22-4-3-11-31(2)17-22/h5-10,15-16,22H,3-4,11-14,17-19H2,1-2H3/t22-/m1/s1. The van der Waals surface area contributed by atoms with E-state index in [1.807, 2.05) is 4.90 Å². The average Bonchev–Trinajstić information content (AvgIpc) is 3.18. The average molecular weight is 509 g/mol. The molecule has 0 aliphatic carbocycles. The van der Waals surface area contributed by atoms with Gasteiger partial charge in [0.25, 0.3) is 0 Å². The first-order valence-corrected chi connectivity index (χ1v) is 13.5. The van der Waals surface area contributed by atoms with E-state index in [1.54, 1.807) is 23.5 Å².